The van der Waals surface area contributed by atoms with E-state index in [4.69, 9.17) is 27.9 Å². The summed E-state index contributed by atoms with van der Waals surface area (Å²) in [6.07, 6.45) is 0.900. The summed E-state index contributed by atoms with van der Waals surface area (Å²) in [4.78, 5) is 39.2. The molecule has 0 spiro atoms. The highest BCUT2D eigenvalue weighted by Gasteiger charge is 2.34. The third-order valence-corrected chi connectivity index (χ3v) is 9.25. The third kappa shape index (κ3) is 8.19. The van der Waals surface area contributed by atoms with Crippen molar-refractivity contribution in [3.05, 3.63) is 92.0 Å². The zero-order valence-corrected chi connectivity index (χ0v) is 27.1. The molecule has 0 aliphatic rings. The Bertz CT molecular complexity index is 1620. The predicted octanol–water partition coefficient (Wildman–Crippen LogP) is 5.75. The number of hydrogen-bond donors (Lipinski definition) is 1. The van der Waals surface area contributed by atoms with Crippen molar-refractivity contribution in [1.29, 1.82) is 0 Å². The second-order valence-corrected chi connectivity index (χ2v) is 12.6. The van der Waals surface area contributed by atoms with Crippen LogP contribution in [0.5, 0.6) is 5.75 Å². The van der Waals surface area contributed by atoms with Crippen LogP contribution in [0.4, 0.5) is 11.4 Å². The maximum absolute atomic E-state index is 14.2. The number of halogens is 2. The van der Waals surface area contributed by atoms with Crippen LogP contribution in [0.15, 0.2) is 65.6 Å². The quantitative estimate of drug-likeness (QED) is 0.171. The van der Waals surface area contributed by atoms with Gasteiger partial charge in [-0.2, -0.15) is 0 Å². The van der Waals surface area contributed by atoms with Crippen molar-refractivity contribution in [2.75, 3.05) is 24.5 Å². The van der Waals surface area contributed by atoms with Crippen LogP contribution in [-0.4, -0.2) is 56.3 Å². The van der Waals surface area contributed by atoms with E-state index in [9.17, 15) is 28.1 Å². The van der Waals surface area contributed by atoms with Gasteiger partial charge in [0.2, 0.25) is 11.8 Å². The summed E-state index contributed by atoms with van der Waals surface area (Å²) in [5.74, 6) is -0.655. The van der Waals surface area contributed by atoms with Gasteiger partial charge >= 0.3 is 0 Å². The molecule has 236 valence electrons. The monoisotopic (exact) mass is 664 g/mol. The van der Waals surface area contributed by atoms with Gasteiger partial charge in [0.05, 0.1) is 22.6 Å². The standard InChI is InChI=1S/C30H34Cl2N4O7S/c1-5-15-33-30(38)27(6-2)34(18-21-8-9-22(31)16-26(21)32)29(37)19-35(23-10-12-24(43-4)13-11-23)44(41,42)25-14-7-20(3)28(17-25)36(39)40/h7-14,16-17,27H,5-6,15,18-19H2,1-4H3,(H,33,38)/t27-/m0/s1. The third-order valence-electron chi connectivity index (χ3n) is 6.90. The van der Waals surface area contributed by atoms with Gasteiger partial charge in [0.15, 0.2) is 0 Å². The fourth-order valence-corrected chi connectivity index (χ4v) is 6.37. The number of methoxy groups -OCH3 is 1. The molecule has 14 heteroatoms. The number of amides is 2. The molecule has 44 heavy (non-hydrogen) atoms. The number of sulfonamides is 1. The molecule has 3 rings (SSSR count). The van der Waals surface area contributed by atoms with E-state index in [2.05, 4.69) is 5.32 Å². The Morgan fingerprint density at radius 2 is 1.73 bits per heavy atom. The van der Waals surface area contributed by atoms with Crippen molar-refractivity contribution in [3.63, 3.8) is 0 Å². The van der Waals surface area contributed by atoms with Crippen molar-refractivity contribution in [3.8, 4) is 5.75 Å². The minimum Gasteiger partial charge on any atom is -0.497 e. The van der Waals surface area contributed by atoms with Gasteiger partial charge in [-0.05, 0) is 67.8 Å². The number of nitrogens with one attached hydrogen (secondary N) is 1. The summed E-state index contributed by atoms with van der Waals surface area (Å²) in [7, 11) is -3.08. The van der Waals surface area contributed by atoms with E-state index in [0.717, 1.165) is 10.4 Å². The second kappa shape index (κ2) is 15.2. The number of nitrogens with zero attached hydrogens (tertiary/aromatic N) is 3. The van der Waals surface area contributed by atoms with Crippen molar-refractivity contribution in [2.45, 2.75) is 51.1 Å². The van der Waals surface area contributed by atoms with Crippen molar-refractivity contribution in [2.24, 2.45) is 0 Å². The lowest BCUT2D eigenvalue weighted by Crippen LogP contribution is -2.52. The molecule has 0 aliphatic carbocycles. The minimum absolute atomic E-state index is 0.107. The number of anilines is 1. The van der Waals surface area contributed by atoms with E-state index in [1.807, 2.05) is 6.92 Å². The number of hydrogen-bond acceptors (Lipinski definition) is 7. The molecule has 0 aromatic heterocycles. The van der Waals surface area contributed by atoms with Crippen LogP contribution in [0.1, 0.15) is 37.8 Å². The largest absolute Gasteiger partial charge is 0.497 e. The molecule has 1 N–H and O–H groups in total. The van der Waals surface area contributed by atoms with Gasteiger partial charge in [0.25, 0.3) is 15.7 Å². The van der Waals surface area contributed by atoms with Gasteiger partial charge in [-0.15, -0.1) is 0 Å². The predicted molar refractivity (Wildman–Crippen MR) is 170 cm³/mol. The Morgan fingerprint density at radius 3 is 2.30 bits per heavy atom. The van der Waals surface area contributed by atoms with Gasteiger partial charge in [-0.3, -0.25) is 24.0 Å². The maximum atomic E-state index is 14.2. The van der Waals surface area contributed by atoms with Crippen LogP contribution in [0, 0.1) is 17.0 Å². The lowest BCUT2D eigenvalue weighted by molar-refractivity contribution is -0.385. The summed E-state index contributed by atoms with van der Waals surface area (Å²) in [5.41, 5.74) is 0.496. The highest BCUT2D eigenvalue weighted by Crippen LogP contribution is 2.30. The van der Waals surface area contributed by atoms with Crippen LogP contribution in [0.3, 0.4) is 0 Å². The number of nitro groups is 1. The maximum Gasteiger partial charge on any atom is 0.273 e. The van der Waals surface area contributed by atoms with Crippen molar-refractivity contribution >= 4 is 56.4 Å². The fraction of sp³-hybridized carbons (Fsp3) is 0.333. The average Bonchev–Trinajstić information content (AvgIpc) is 2.99. The number of carbonyl (C=O) groups excluding carboxylic acids is 2. The minimum atomic E-state index is -4.53. The average molecular weight is 666 g/mol. The number of rotatable bonds is 14. The molecule has 0 radical (unpaired) electrons. The molecule has 0 fully saturated rings. The molecule has 3 aromatic rings. The fourth-order valence-electron chi connectivity index (χ4n) is 4.47. The molecule has 0 saturated carbocycles. The Hall–Kier alpha value is -3.87. The smallest absolute Gasteiger partial charge is 0.273 e. The van der Waals surface area contributed by atoms with Crippen molar-refractivity contribution in [1.82, 2.24) is 10.2 Å². The Morgan fingerprint density at radius 1 is 1.05 bits per heavy atom. The summed E-state index contributed by atoms with van der Waals surface area (Å²) in [6, 6.07) is 13.3. The molecule has 0 unspecified atom stereocenters. The first kappa shape index (κ1) is 34.6. The van der Waals surface area contributed by atoms with Crippen LogP contribution >= 0.6 is 23.2 Å². The molecule has 0 saturated heterocycles. The van der Waals surface area contributed by atoms with Crippen LogP contribution < -0.4 is 14.4 Å². The Balaban J connectivity index is 2.13. The van der Waals surface area contributed by atoms with Gasteiger partial charge in [-0.25, -0.2) is 8.42 Å². The number of benzene rings is 3. The molecule has 0 bridgehead atoms. The zero-order valence-electron chi connectivity index (χ0n) is 24.7. The van der Waals surface area contributed by atoms with E-state index in [1.54, 1.807) is 19.1 Å². The number of ether oxygens (including phenoxy) is 1. The van der Waals surface area contributed by atoms with Crippen molar-refractivity contribution < 1.29 is 27.7 Å². The number of nitro benzene ring substituents is 1. The normalized spacial score (nSPS) is 11.9. The summed E-state index contributed by atoms with van der Waals surface area (Å²) in [6.45, 7) is 4.68. The first-order chi connectivity index (χ1) is 20.8. The SMILES string of the molecule is CCCNC(=O)[C@H](CC)N(Cc1ccc(Cl)cc1Cl)C(=O)CN(c1ccc(OC)cc1)S(=O)(=O)c1ccc(C)c([N+](=O)[O-])c1. The molecular weight excluding hydrogens is 631 g/mol. The number of aryl methyl sites for hydroxylation is 1. The van der Waals surface area contributed by atoms with E-state index in [1.165, 1.54) is 61.4 Å². The van der Waals surface area contributed by atoms with E-state index < -0.39 is 39.3 Å². The highest BCUT2D eigenvalue weighted by molar-refractivity contribution is 7.92. The molecule has 3 aromatic carbocycles. The molecule has 0 aliphatic heterocycles. The Labute approximate surface area is 266 Å². The van der Waals surface area contributed by atoms with Crippen LogP contribution in [0.25, 0.3) is 0 Å². The van der Waals surface area contributed by atoms with Crippen LogP contribution in [-0.2, 0) is 26.2 Å². The van der Waals surface area contributed by atoms with Gasteiger partial charge in [-0.1, -0.05) is 49.2 Å². The lowest BCUT2D eigenvalue weighted by atomic mass is 10.1. The van der Waals surface area contributed by atoms with E-state index in [-0.39, 0.29) is 39.8 Å². The summed E-state index contributed by atoms with van der Waals surface area (Å²) in [5, 5.41) is 15.1. The van der Waals surface area contributed by atoms with Gasteiger partial charge in [0, 0.05) is 34.8 Å². The molecule has 1 atom stereocenters. The number of carbonyl (C=O) groups is 2. The summed E-state index contributed by atoms with van der Waals surface area (Å²) >= 11 is 12.5. The Kier molecular flexibility index (Phi) is 12.0. The van der Waals surface area contributed by atoms with Gasteiger partial charge in [0.1, 0.15) is 18.3 Å². The topological polar surface area (TPSA) is 139 Å². The first-order valence-electron chi connectivity index (χ1n) is 13.8. The van der Waals surface area contributed by atoms with E-state index in [0.29, 0.717) is 29.3 Å². The van der Waals surface area contributed by atoms with E-state index >= 15 is 0 Å². The summed E-state index contributed by atoms with van der Waals surface area (Å²) < 4.78 is 34.2. The molecule has 11 nitrogen and oxygen atoms in total. The highest BCUT2D eigenvalue weighted by atomic mass is 35.5. The zero-order chi connectivity index (χ0) is 32.6. The molecule has 2 amide bonds. The molecule has 0 heterocycles. The van der Waals surface area contributed by atoms with Crippen LogP contribution in [0.2, 0.25) is 10.0 Å². The first-order valence-corrected chi connectivity index (χ1v) is 16.0. The lowest BCUT2D eigenvalue weighted by Gasteiger charge is -2.33. The second-order valence-electron chi connectivity index (χ2n) is 9.89. The van der Waals surface area contributed by atoms with Gasteiger partial charge < -0.3 is 15.0 Å². The molecular formula is C30H34Cl2N4O7S.